The zero-order valence-corrected chi connectivity index (χ0v) is 15.3. The van der Waals surface area contributed by atoms with Gasteiger partial charge in [-0.15, -0.1) is 0 Å². The summed E-state index contributed by atoms with van der Waals surface area (Å²) in [7, 11) is 0. The molecule has 2 rings (SSSR count). The van der Waals surface area contributed by atoms with Crippen LogP contribution in [-0.4, -0.2) is 28.5 Å². The first kappa shape index (κ1) is 21.3. The number of carbonyl (C=O) groups excluding carboxylic acids is 2. The summed E-state index contributed by atoms with van der Waals surface area (Å²) in [4.78, 5) is 44.3. The quantitative estimate of drug-likeness (QED) is 0.305. The molecule has 1 N–H and O–H groups in total. The number of hydrogen-bond acceptors (Lipinski definition) is 8. The van der Waals surface area contributed by atoms with Crippen molar-refractivity contribution in [1.82, 2.24) is 5.32 Å². The molecular formula is C18H17N3O8. The second-order valence-electron chi connectivity index (χ2n) is 5.75. The molecular weight excluding hydrogens is 386 g/mol. The van der Waals surface area contributed by atoms with Crippen LogP contribution in [0.2, 0.25) is 0 Å². The van der Waals surface area contributed by atoms with Crippen molar-refractivity contribution in [2.75, 3.05) is 6.54 Å². The van der Waals surface area contributed by atoms with Gasteiger partial charge in [-0.05, 0) is 30.7 Å². The van der Waals surface area contributed by atoms with Gasteiger partial charge in [0, 0.05) is 30.3 Å². The Morgan fingerprint density at radius 1 is 1.03 bits per heavy atom. The Labute approximate surface area is 164 Å². The minimum absolute atomic E-state index is 0.0121. The van der Waals surface area contributed by atoms with Gasteiger partial charge >= 0.3 is 6.16 Å². The van der Waals surface area contributed by atoms with Crippen LogP contribution >= 0.6 is 0 Å². The fourth-order valence-electron chi connectivity index (χ4n) is 2.24. The van der Waals surface area contributed by atoms with Crippen LogP contribution in [0.4, 0.5) is 16.2 Å². The van der Waals surface area contributed by atoms with E-state index < -0.39 is 28.5 Å². The van der Waals surface area contributed by atoms with E-state index in [-0.39, 0.29) is 28.3 Å². The lowest BCUT2D eigenvalue weighted by molar-refractivity contribution is -0.385. The molecule has 0 bridgehead atoms. The Kier molecular flexibility index (Phi) is 7.18. The predicted molar refractivity (Wildman–Crippen MR) is 99.6 cm³/mol. The van der Waals surface area contributed by atoms with Gasteiger partial charge < -0.3 is 14.8 Å². The van der Waals surface area contributed by atoms with Crippen molar-refractivity contribution in [2.24, 2.45) is 0 Å². The van der Waals surface area contributed by atoms with Crippen molar-refractivity contribution in [3.05, 3.63) is 73.8 Å². The van der Waals surface area contributed by atoms with E-state index in [1.54, 1.807) is 0 Å². The molecule has 0 radical (unpaired) electrons. The Hall–Kier alpha value is -4.02. The van der Waals surface area contributed by atoms with Crippen molar-refractivity contribution in [2.45, 2.75) is 20.0 Å². The summed E-state index contributed by atoms with van der Waals surface area (Å²) in [5.74, 6) is -0.432. The van der Waals surface area contributed by atoms with Crippen LogP contribution in [0.15, 0.2) is 42.5 Å². The van der Waals surface area contributed by atoms with Crippen molar-refractivity contribution >= 4 is 23.4 Å². The maximum Gasteiger partial charge on any atom is 0.514 e. The molecule has 0 aromatic heterocycles. The number of ether oxygens (including phenoxy) is 2. The third-order valence-corrected chi connectivity index (χ3v) is 3.67. The molecule has 0 saturated heterocycles. The molecule has 0 aliphatic carbocycles. The average Bonchev–Trinajstić information content (AvgIpc) is 2.70. The number of nitrogens with one attached hydrogen (secondary N) is 1. The lowest BCUT2D eigenvalue weighted by atomic mass is 10.1. The number of carbonyl (C=O) groups is 2. The third kappa shape index (κ3) is 5.99. The third-order valence-electron chi connectivity index (χ3n) is 3.67. The molecule has 0 aliphatic rings. The topological polar surface area (TPSA) is 151 Å². The van der Waals surface area contributed by atoms with Crippen LogP contribution in [0, 0.1) is 20.2 Å². The van der Waals surface area contributed by atoms with Crippen LogP contribution in [0.1, 0.15) is 29.3 Å². The van der Waals surface area contributed by atoms with Gasteiger partial charge in [0.25, 0.3) is 17.3 Å². The fraction of sp³-hybridized carbons (Fsp3) is 0.222. The highest BCUT2D eigenvalue weighted by atomic mass is 16.7. The normalized spacial score (nSPS) is 10.1. The van der Waals surface area contributed by atoms with Crippen LogP contribution in [-0.2, 0) is 11.3 Å². The highest BCUT2D eigenvalue weighted by molar-refractivity contribution is 5.95. The lowest BCUT2D eigenvalue weighted by Gasteiger charge is -2.08. The summed E-state index contributed by atoms with van der Waals surface area (Å²) in [6.45, 7) is 1.85. The number of hydrogen-bond donors (Lipinski definition) is 1. The molecule has 2 aromatic carbocycles. The number of rotatable bonds is 8. The summed E-state index contributed by atoms with van der Waals surface area (Å²) < 4.78 is 9.73. The van der Waals surface area contributed by atoms with Gasteiger partial charge in [0.05, 0.1) is 15.4 Å². The number of amides is 1. The van der Waals surface area contributed by atoms with Crippen LogP contribution in [0.5, 0.6) is 5.75 Å². The number of benzene rings is 2. The molecule has 0 fully saturated rings. The summed E-state index contributed by atoms with van der Waals surface area (Å²) >= 11 is 0. The number of nitro groups is 2. The molecule has 29 heavy (non-hydrogen) atoms. The largest absolute Gasteiger partial charge is 0.514 e. The SMILES string of the molecule is CCCNC(=O)c1ccc(COC(=O)Oc2ccc([N+](=O)[O-])cc2)c([N+](=O)[O-])c1. The van der Waals surface area contributed by atoms with Gasteiger partial charge in [-0.2, -0.15) is 0 Å². The molecule has 1 amide bonds. The van der Waals surface area contributed by atoms with Gasteiger partial charge in [-0.25, -0.2) is 4.79 Å². The maximum absolute atomic E-state index is 11.9. The highest BCUT2D eigenvalue weighted by Crippen LogP contribution is 2.22. The second kappa shape index (κ2) is 9.78. The first-order valence-electron chi connectivity index (χ1n) is 8.46. The Morgan fingerprint density at radius 3 is 2.31 bits per heavy atom. The molecule has 0 saturated carbocycles. The van der Waals surface area contributed by atoms with Crippen LogP contribution in [0.25, 0.3) is 0 Å². The standard InChI is InChI=1S/C18H17N3O8/c1-2-9-19-17(22)12-3-4-13(16(10-12)21(26)27)11-28-18(23)29-15-7-5-14(6-8-15)20(24)25/h3-8,10H,2,9,11H2,1H3,(H,19,22). The van der Waals surface area contributed by atoms with Crippen molar-refractivity contribution in [3.63, 3.8) is 0 Å². The van der Waals surface area contributed by atoms with E-state index in [2.05, 4.69) is 5.32 Å². The average molecular weight is 403 g/mol. The molecule has 11 heteroatoms. The van der Waals surface area contributed by atoms with Gasteiger partial charge in [0.15, 0.2) is 0 Å². The summed E-state index contributed by atoms with van der Waals surface area (Å²) in [6.07, 6.45) is -0.422. The van der Waals surface area contributed by atoms with Gasteiger partial charge in [-0.3, -0.25) is 25.0 Å². The minimum Gasteiger partial charge on any atom is -0.429 e. The van der Waals surface area contributed by atoms with Crippen LogP contribution in [0.3, 0.4) is 0 Å². The summed E-state index contributed by atoms with van der Waals surface area (Å²) in [5, 5.41) is 24.5. The van der Waals surface area contributed by atoms with E-state index >= 15 is 0 Å². The molecule has 2 aromatic rings. The molecule has 11 nitrogen and oxygen atoms in total. The molecule has 0 unspecified atom stereocenters. The van der Waals surface area contributed by atoms with Gasteiger partial charge in [0.2, 0.25) is 0 Å². The summed E-state index contributed by atoms with van der Waals surface area (Å²) in [5.41, 5.74) is -0.369. The van der Waals surface area contributed by atoms with Crippen molar-refractivity contribution in [1.29, 1.82) is 0 Å². The van der Waals surface area contributed by atoms with Gasteiger partial charge in [-0.1, -0.05) is 6.92 Å². The smallest absolute Gasteiger partial charge is 0.429 e. The fourth-order valence-corrected chi connectivity index (χ4v) is 2.24. The monoisotopic (exact) mass is 403 g/mol. The molecule has 0 aliphatic heterocycles. The zero-order valence-electron chi connectivity index (χ0n) is 15.3. The van der Waals surface area contributed by atoms with E-state index in [0.717, 1.165) is 24.6 Å². The Balaban J connectivity index is 2.03. The van der Waals surface area contributed by atoms with Crippen LogP contribution < -0.4 is 10.1 Å². The number of nitrogens with zero attached hydrogens (tertiary/aromatic N) is 2. The van der Waals surface area contributed by atoms with Crippen molar-refractivity contribution in [3.8, 4) is 5.75 Å². The first-order chi connectivity index (χ1) is 13.8. The van der Waals surface area contributed by atoms with Crippen molar-refractivity contribution < 1.29 is 28.9 Å². The Morgan fingerprint density at radius 2 is 1.72 bits per heavy atom. The molecule has 0 spiro atoms. The first-order valence-corrected chi connectivity index (χ1v) is 8.46. The summed E-state index contributed by atoms with van der Waals surface area (Å²) in [6, 6.07) is 8.53. The lowest BCUT2D eigenvalue weighted by Crippen LogP contribution is -2.24. The highest BCUT2D eigenvalue weighted by Gasteiger charge is 2.19. The van der Waals surface area contributed by atoms with E-state index in [1.165, 1.54) is 24.3 Å². The molecule has 0 heterocycles. The molecule has 152 valence electrons. The van der Waals surface area contributed by atoms with E-state index in [4.69, 9.17) is 9.47 Å². The predicted octanol–water partition coefficient (Wildman–Crippen LogP) is 3.36. The van der Waals surface area contributed by atoms with E-state index in [1.807, 2.05) is 6.92 Å². The van der Waals surface area contributed by atoms with E-state index in [9.17, 15) is 29.8 Å². The molecule has 0 atom stereocenters. The Bertz CT molecular complexity index is 927. The van der Waals surface area contributed by atoms with E-state index in [0.29, 0.717) is 6.54 Å². The number of nitro benzene ring substituents is 2. The van der Waals surface area contributed by atoms with Gasteiger partial charge in [0.1, 0.15) is 12.4 Å². The maximum atomic E-state index is 11.9. The minimum atomic E-state index is -1.14. The second-order valence-corrected chi connectivity index (χ2v) is 5.75. The zero-order chi connectivity index (χ0) is 21.4. The number of non-ortho nitro benzene ring substituents is 1.